The first kappa shape index (κ1) is 20.4. The number of carbonyl (C=O) groups excluding carboxylic acids is 1. The number of nitrogens with zero attached hydrogens (tertiary/aromatic N) is 1. The van der Waals surface area contributed by atoms with E-state index in [9.17, 15) is 13.4 Å². The number of carbonyl (C=O) groups is 1. The second kappa shape index (κ2) is 7.77. The minimum atomic E-state index is -1.57. The largest absolute Gasteiger partial charge is 0.343 e. The summed E-state index contributed by atoms with van der Waals surface area (Å²) < 4.78 is 32.6. The zero-order valence-electron chi connectivity index (χ0n) is 15.2. The van der Waals surface area contributed by atoms with Gasteiger partial charge in [0, 0.05) is 24.5 Å². The number of amides is 1. The first-order valence-electron chi connectivity index (χ1n) is 7.86. The number of hydrogen-bond acceptors (Lipinski definition) is 2. The molecule has 0 saturated carbocycles. The van der Waals surface area contributed by atoms with Crippen molar-refractivity contribution >= 4 is 40.1 Å². The fourth-order valence-electron chi connectivity index (χ4n) is 2.24. The van der Waals surface area contributed by atoms with Crippen molar-refractivity contribution in [3.05, 3.63) is 46.5 Å². The molecule has 0 bridgehead atoms. The second-order valence-corrected chi connectivity index (χ2v) is 8.28. The molecular weight excluding hydrogens is 379 g/mol. The number of benzene rings is 1. The fourth-order valence-corrected chi connectivity index (χ4v) is 3.58. The molecule has 142 valence electrons. The van der Waals surface area contributed by atoms with E-state index in [1.807, 2.05) is 20.8 Å². The number of anilines is 2. The van der Waals surface area contributed by atoms with E-state index in [0.717, 1.165) is 0 Å². The molecule has 9 heteroatoms. The molecule has 0 aliphatic heterocycles. The molecule has 1 amide bonds. The van der Waals surface area contributed by atoms with E-state index in [1.165, 1.54) is 22.8 Å². The number of hydrogen-bond donors (Lipinski definition) is 3. The minimum absolute atomic E-state index is 0.146. The monoisotopic (exact) mass is 400 g/mol. The summed E-state index contributed by atoms with van der Waals surface area (Å²) in [5.74, 6) is -0.800. The van der Waals surface area contributed by atoms with Crippen molar-refractivity contribution in [3.63, 3.8) is 0 Å². The van der Waals surface area contributed by atoms with Crippen LogP contribution in [-0.4, -0.2) is 20.2 Å². The first-order valence-corrected chi connectivity index (χ1v) is 9.39. The Bertz CT molecular complexity index is 861. The van der Waals surface area contributed by atoms with Gasteiger partial charge in [0.05, 0.1) is 10.7 Å². The first-order chi connectivity index (χ1) is 12.0. The van der Waals surface area contributed by atoms with Crippen LogP contribution < -0.4 is 14.8 Å². The maximum absolute atomic E-state index is 13.3. The van der Waals surface area contributed by atoms with Gasteiger partial charge in [-0.25, -0.2) is 13.3 Å². The lowest BCUT2D eigenvalue weighted by atomic mass is 10.1. The SMILES string of the molecule is Cc1cc(NC(=O)c2c(Cl)c(NS(=O)NC(C)(C)C)cn2C)ccc1F. The number of rotatable bonds is 5. The molecule has 1 aromatic heterocycles. The van der Waals surface area contributed by atoms with Gasteiger partial charge < -0.3 is 9.88 Å². The van der Waals surface area contributed by atoms with E-state index in [-0.39, 0.29) is 22.1 Å². The van der Waals surface area contributed by atoms with Crippen LogP contribution in [0.4, 0.5) is 15.8 Å². The molecule has 0 fully saturated rings. The molecule has 0 radical (unpaired) electrons. The van der Waals surface area contributed by atoms with Gasteiger partial charge in [-0.2, -0.15) is 0 Å². The molecule has 2 aromatic rings. The zero-order valence-corrected chi connectivity index (χ0v) is 16.8. The predicted molar refractivity (Wildman–Crippen MR) is 104 cm³/mol. The van der Waals surface area contributed by atoms with Gasteiger partial charge in [-0.05, 0) is 51.5 Å². The summed E-state index contributed by atoms with van der Waals surface area (Å²) in [6.07, 6.45) is 1.58. The van der Waals surface area contributed by atoms with E-state index in [2.05, 4.69) is 14.8 Å². The fraction of sp³-hybridized carbons (Fsp3) is 0.353. The second-order valence-electron chi connectivity index (χ2n) is 6.96. The van der Waals surface area contributed by atoms with E-state index < -0.39 is 17.1 Å². The van der Waals surface area contributed by atoms with Crippen molar-refractivity contribution in [2.45, 2.75) is 33.2 Å². The van der Waals surface area contributed by atoms with Crippen molar-refractivity contribution in [1.29, 1.82) is 0 Å². The molecule has 1 heterocycles. The van der Waals surface area contributed by atoms with Gasteiger partial charge in [0.15, 0.2) is 11.2 Å². The normalized spacial score (nSPS) is 12.7. The average Bonchev–Trinajstić information content (AvgIpc) is 2.75. The van der Waals surface area contributed by atoms with Crippen LogP contribution in [0, 0.1) is 12.7 Å². The van der Waals surface area contributed by atoms with Crippen LogP contribution in [0.5, 0.6) is 0 Å². The molecule has 0 aliphatic rings. The average molecular weight is 401 g/mol. The smallest absolute Gasteiger partial charge is 0.273 e. The summed E-state index contributed by atoms with van der Waals surface area (Å²) in [6, 6.07) is 4.29. The summed E-state index contributed by atoms with van der Waals surface area (Å²) in [5.41, 5.74) is 1.08. The summed E-state index contributed by atoms with van der Waals surface area (Å²) in [7, 11) is 1.65. The highest BCUT2D eigenvalue weighted by Gasteiger charge is 2.21. The molecule has 2 rings (SSSR count). The molecule has 1 unspecified atom stereocenters. The van der Waals surface area contributed by atoms with Crippen molar-refractivity contribution in [1.82, 2.24) is 9.29 Å². The Balaban J connectivity index is 2.19. The Morgan fingerprint density at radius 2 is 1.96 bits per heavy atom. The molecular formula is C17H22ClFN4O2S. The van der Waals surface area contributed by atoms with Crippen LogP contribution in [0.25, 0.3) is 0 Å². The summed E-state index contributed by atoms with van der Waals surface area (Å²) in [4.78, 5) is 12.6. The summed E-state index contributed by atoms with van der Waals surface area (Å²) >= 11 is 4.72. The van der Waals surface area contributed by atoms with Crippen molar-refractivity contribution in [2.75, 3.05) is 10.0 Å². The molecule has 0 spiro atoms. The van der Waals surface area contributed by atoms with E-state index in [4.69, 9.17) is 11.6 Å². The third kappa shape index (κ3) is 5.06. The van der Waals surface area contributed by atoms with Crippen LogP contribution in [0.2, 0.25) is 5.02 Å². The number of aromatic nitrogens is 1. The van der Waals surface area contributed by atoms with Gasteiger partial charge in [0.2, 0.25) is 0 Å². The Morgan fingerprint density at radius 3 is 2.54 bits per heavy atom. The van der Waals surface area contributed by atoms with Crippen LogP contribution in [0.15, 0.2) is 24.4 Å². The zero-order chi connectivity index (χ0) is 19.6. The topological polar surface area (TPSA) is 75.2 Å². The van der Waals surface area contributed by atoms with Gasteiger partial charge in [0.1, 0.15) is 11.5 Å². The van der Waals surface area contributed by atoms with Crippen molar-refractivity contribution < 1.29 is 13.4 Å². The van der Waals surface area contributed by atoms with Crippen molar-refractivity contribution in [2.24, 2.45) is 7.05 Å². The highest BCUT2D eigenvalue weighted by Crippen LogP contribution is 2.29. The lowest BCUT2D eigenvalue weighted by Crippen LogP contribution is -2.39. The van der Waals surface area contributed by atoms with Gasteiger partial charge in [-0.3, -0.25) is 9.52 Å². The summed E-state index contributed by atoms with van der Waals surface area (Å²) in [6.45, 7) is 7.24. The van der Waals surface area contributed by atoms with E-state index >= 15 is 0 Å². The molecule has 6 nitrogen and oxygen atoms in total. The predicted octanol–water partition coefficient (Wildman–Crippen LogP) is 3.76. The van der Waals surface area contributed by atoms with Crippen LogP contribution >= 0.6 is 11.6 Å². The molecule has 3 N–H and O–H groups in total. The quantitative estimate of drug-likeness (QED) is 0.714. The minimum Gasteiger partial charge on any atom is -0.343 e. The van der Waals surface area contributed by atoms with Crippen LogP contribution in [-0.2, 0) is 18.2 Å². The molecule has 1 aromatic carbocycles. The number of halogens is 2. The molecule has 1 atom stereocenters. The van der Waals surface area contributed by atoms with Crippen LogP contribution in [0.3, 0.4) is 0 Å². The van der Waals surface area contributed by atoms with Gasteiger partial charge in [-0.15, -0.1) is 0 Å². The van der Waals surface area contributed by atoms with Gasteiger partial charge in [-0.1, -0.05) is 11.6 Å². The highest BCUT2D eigenvalue weighted by atomic mass is 35.5. The highest BCUT2D eigenvalue weighted by molar-refractivity contribution is 7.84. The Kier molecular flexibility index (Phi) is 6.10. The Morgan fingerprint density at radius 1 is 1.31 bits per heavy atom. The van der Waals surface area contributed by atoms with E-state index in [0.29, 0.717) is 16.9 Å². The lowest BCUT2D eigenvalue weighted by molar-refractivity contribution is 0.101. The standard InChI is InChI=1S/C17H22ClFN4O2S/c1-10-8-11(6-7-12(10)19)20-16(24)15-14(18)13(9-23(15)5)21-26(25)22-17(2,3)4/h6-9,21-22H,1-5H3,(H,20,24). The van der Waals surface area contributed by atoms with E-state index in [1.54, 1.807) is 20.2 Å². The number of aryl methyl sites for hydroxylation is 2. The third-order valence-electron chi connectivity index (χ3n) is 3.35. The Labute approximate surface area is 159 Å². The number of nitrogens with one attached hydrogen (secondary N) is 3. The van der Waals surface area contributed by atoms with Gasteiger partial charge >= 0.3 is 0 Å². The molecule has 0 aliphatic carbocycles. The van der Waals surface area contributed by atoms with Gasteiger partial charge in [0.25, 0.3) is 5.91 Å². The lowest BCUT2D eigenvalue weighted by Gasteiger charge is -2.19. The van der Waals surface area contributed by atoms with Crippen molar-refractivity contribution in [3.8, 4) is 0 Å². The Hall–Kier alpha value is -1.90. The maximum Gasteiger partial charge on any atom is 0.273 e. The molecule has 26 heavy (non-hydrogen) atoms. The van der Waals surface area contributed by atoms with Crippen LogP contribution in [0.1, 0.15) is 36.8 Å². The maximum atomic E-state index is 13.3. The summed E-state index contributed by atoms with van der Waals surface area (Å²) in [5, 5.41) is 2.83. The third-order valence-corrected chi connectivity index (χ3v) is 4.94. The molecule has 0 saturated heterocycles.